The van der Waals surface area contributed by atoms with Crippen LogP contribution in [-0.4, -0.2) is 31.2 Å². The Labute approximate surface area is 97.9 Å². The topological polar surface area (TPSA) is 64.4 Å². The Morgan fingerprint density at radius 3 is 2.88 bits per heavy atom. The number of hydrogen-bond acceptors (Lipinski definition) is 3. The Balaban J connectivity index is 2.05. The van der Waals surface area contributed by atoms with Gasteiger partial charge in [-0.05, 0) is 39.2 Å². The predicted molar refractivity (Wildman–Crippen MR) is 64.1 cm³/mol. The molecule has 0 aromatic heterocycles. The minimum absolute atomic E-state index is 0.132. The molecule has 1 aliphatic heterocycles. The molecule has 0 bridgehead atoms. The maximum Gasteiger partial charge on any atom is 0.220 e. The Bertz CT molecular complexity index is 213. The van der Waals surface area contributed by atoms with Crippen LogP contribution in [-0.2, 0) is 9.53 Å². The quantitative estimate of drug-likeness (QED) is 0.643. The Morgan fingerprint density at radius 1 is 1.44 bits per heavy atom. The molecular weight excluding hydrogens is 204 g/mol. The van der Waals surface area contributed by atoms with E-state index in [9.17, 15) is 4.79 Å². The normalized spacial score (nSPS) is 24.6. The van der Waals surface area contributed by atoms with Gasteiger partial charge >= 0.3 is 0 Å². The van der Waals surface area contributed by atoms with Crippen molar-refractivity contribution in [2.75, 3.05) is 19.7 Å². The lowest BCUT2D eigenvalue weighted by atomic mass is 10.0. The number of ether oxygens (including phenoxy) is 1. The molecule has 1 saturated heterocycles. The van der Waals surface area contributed by atoms with Gasteiger partial charge in [0, 0.05) is 19.6 Å². The highest BCUT2D eigenvalue weighted by Gasteiger charge is 2.29. The fourth-order valence-corrected chi connectivity index (χ4v) is 1.96. The van der Waals surface area contributed by atoms with Gasteiger partial charge < -0.3 is 15.8 Å². The van der Waals surface area contributed by atoms with Crippen LogP contribution in [0.5, 0.6) is 0 Å². The first kappa shape index (κ1) is 13.5. The summed E-state index contributed by atoms with van der Waals surface area (Å²) in [5.74, 6) is 0.133. The third kappa shape index (κ3) is 4.94. The van der Waals surface area contributed by atoms with E-state index in [2.05, 4.69) is 12.2 Å². The largest absolute Gasteiger partial charge is 0.373 e. The summed E-state index contributed by atoms with van der Waals surface area (Å²) in [5, 5.41) is 2.95. The Hall–Kier alpha value is -0.610. The van der Waals surface area contributed by atoms with Crippen molar-refractivity contribution >= 4 is 5.91 Å². The zero-order chi connectivity index (χ0) is 11.9. The molecule has 1 aliphatic rings. The van der Waals surface area contributed by atoms with Gasteiger partial charge in [0.05, 0.1) is 5.60 Å². The van der Waals surface area contributed by atoms with Crippen LogP contribution in [0.15, 0.2) is 0 Å². The van der Waals surface area contributed by atoms with E-state index in [1.165, 1.54) is 0 Å². The summed E-state index contributed by atoms with van der Waals surface area (Å²) in [6, 6.07) is 0. The molecule has 16 heavy (non-hydrogen) atoms. The first-order valence-electron chi connectivity index (χ1n) is 6.27. The highest BCUT2D eigenvalue weighted by atomic mass is 16.5. The summed E-state index contributed by atoms with van der Waals surface area (Å²) in [6.45, 7) is 4.24. The Morgan fingerprint density at radius 2 is 2.25 bits per heavy atom. The van der Waals surface area contributed by atoms with Gasteiger partial charge in [0.1, 0.15) is 0 Å². The van der Waals surface area contributed by atoms with Crippen molar-refractivity contribution in [3.8, 4) is 0 Å². The first-order valence-corrected chi connectivity index (χ1v) is 6.27. The van der Waals surface area contributed by atoms with Crippen LogP contribution >= 0.6 is 0 Å². The minimum atomic E-state index is -0.132. The average Bonchev–Trinajstić information content (AvgIpc) is 2.70. The molecule has 0 spiro atoms. The number of unbranched alkanes of at least 4 members (excludes halogenated alkanes) is 2. The number of carbonyl (C=O) groups excluding carboxylic acids is 1. The van der Waals surface area contributed by atoms with Crippen LogP contribution in [0.4, 0.5) is 0 Å². The van der Waals surface area contributed by atoms with Crippen molar-refractivity contribution in [2.24, 2.45) is 5.73 Å². The van der Waals surface area contributed by atoms with E-state index in [1.807, 2.05) is 0 Å². The molecule has 1 fully saturated rings. The van der Waals surface area contributed by atoms with Gasteiger partial charge in [0.15, 0.2) is 0 Å². The highest BCUT2D eigenvalue weighted by Crippen LogP contribution is 2.23. The monoisotopic (exact) mass is 228 g/mol. The van der Waals surface area contributed by atoms with Gasteiger partial charge in [0.25, 0.3) is 0 Å². The molecule has 1 heterocycles. The standard InChI is InChI=1S/C12H24N2O2/c1-12(7-5-9-16-12)10-14-11(15)6-3-2-4-8-13/h2-10,13H2,1H3,(H,14,15). The van der Waals surface area contributed by atoms with Crippen LogP contribution in [0.2, 0.25) is 0 Å². The fraction of sp³-hybridized carbons (Fsp3) is 0.917. The van der Waals surface area contributed by atoms with E-state index in [1.54, 1.807) is 0 Å². The van der Waals surface area contributed by atoms with E-state index in [0.717, 1.165) is 38.7 Å². The van der Waals surface area contributed by atoms with Crippen molar-refractivity contribution in [3.05, 3.63) is 0 Å². The lowest BCUT2D eigenvalue weighted by Gasteiger charge is -2.23. The van der Waals surface area contributed by atoms with Gasteiger partial charge in [-0.25, -0.2) is 0 Å². The molecule has 0 saturated carbocycles. The van der Waals surface area contributed by atoms with Crippen LogP contribution < -0.4 is 11.1 Å². The fourth-order valence-electron chi connectivity index (χ4n) is 1.96. The van der Waals surface area contributed by atoms with Crippen LogP contribution in [0.25, 0.3) is 0 Å². The lowest BCUT2D eigenvalue weighted by molar-refractivity contribution is -0.122. The van der Waals surface area contributed by atoms with Crippen molar-refractivity contribution in [1.82, 2.24) is 5.32 Å². The number of amides is 1. The smallest absolute Gasteiger partial charge is 0.220 e. The second-order valence-electron chi connectivity index (χ2n) is 4.78. The van der Waals surface area contributed by atoms with E-state index in [0.29, 0.717) is 19.5 Å². The lowest BCUT2D eigenvalue weighted by Crippen LogP contribution is -2.40. The van der Waals surface area contributed by atoms with E-state index >= 15 is 0 Å². The summed E-state index contributed by atoms with van der Waals surface area (Å²) < 4.78 is 5.60. The third-order valence-electron chi connectivity index (χ3n) is 3.07. The second kappa shape index (κ2) is 6.86. The third-order valence-corrected chi connectivity index (χ3v) is 3.07. The molecule has 3 N–H and O–H groups in total. The molecule has 4 nitrogen and oxygen atoms in total. The molecule has 94 valence electrons. The van der Waals surface area contributed by atoms with Gasteiger partial charge in [-0.15, -0.1) is 0 Å². The number of carbonyl (C=O) groups is 1. The zero-order valence-electron chi connectivity index (χ0n) is 10.3. The first-order chi connectivity index (χ1) is 7.66. The maximum atomic E-state index is 11.5. The molecule has 1 unspecified atom stereocenters. The summed E-state index contributed by atoms with van der Waals surface area (Å²) in [4.78, 5) is 11.5. The molecule has 0 aromatic carbocycles. The summed E-state index contributed by atoms with van der Waals surface area (Å²) in [5.41, 5.74) is 5.26. The van der Waals surface area contributed by atoms with Crippen LogP contribution in [0.1, 0.15) is 45.4 Å². The zero-order valence-corrected chi connectivity index (χ0v) is 10.3. The number of nitrogens with two attached hydrogens (primary N) is 1. The second-order valence-corrected chi connectivity index (χ2v) is 4.78. The summed E-state index contributed by atoms with van der Waals surface area (Å²) in [6.07, 6.45) is 5.73. The predicted octanol–water partition coefficient (Wildman–Crippen LogP) is 1.19. The Kier molecular flexibility index (Phi) is 5.77. The molecule has 0 aromatic rings. The summed E-state index contributed by atoms with van der Waals surface area (Å²) in [7, 11) is 0. The molecular formula is C12H24N2O2. The van der Waals surface area contributed by atoms with Gasteiger partial charge in [-0.3, -0.25) is 4.79 Å². The number of hydrogen-bond donors (Lipinski definition) is 2. The minimum Gasteiger partial charge on any atom is -0.373 e. The van der Waals surface area contributed by atoms with Crippen LogP contribution in [0, 0.1) is 0 Å². The highest BCUT2D eigenvalue weighted by molar-refractivity contribution is 5.75. The summed E-state index contributed by atoms with van der Waals surface area (Å²) >= 11 is 0. The number of rotatable bonds is 7. The molecule has 0 radical (unpaired) electrons. The molecule has 0 aliphatic carbocycles. The van der Waals surface area contributed by atoms with Gasteiger partial charge in [0.2, 0.25) is 5.91 Å². The number of nitrogens with one attached hydrogen (secondary N) is 1. The maximum absolute atomic E-state index is 11.5. The van der Waals surface area contributed by atoms with Crippen molar-refractivity contribution in [3.63, 3.8) is 0 Å². The van der Waals surface area contributed by atoms with E-state index < -0.39 is 0 Å². The molecule has 1 atom stereocenters. The molecule has 1 rings (SSSR count). The average molecular weight is 228 g/mol. The van der Waals surface area contributed by atoms with Crippen molar-refractivity contribution in [2.45, 2.75) is 51.0 Å². The van der Waals surface area contributed by atoms with Crippen molar-refractivity contribution < 1.29 is 9.53 Å². The van der Waals surface area contributed by atoms with Gasteiger partial charge in [-0.2, -0.15) is 0 Å². The van der Waals surface area contributed by atoms with E-state index in [-0.39, 0.29) is 11.5 Å². The SMILES string of the molecule is CC1(CNC(=O)CCCCCN)CCCO1. The van der Waals surface area contributed by atoms with Crippen molar-refractivity contribution in [1.29, 1.82) is 0 Å². The van der Waals surface area contributed by atoms with Crippen LogP contribution in [0.3, 0.4) is 0 Å². The van der Waals surface area contributed by atoms with Gasteiger partial charge in [-0.1, -0.05) is 6.42 Å². The van der Waals surface area contributed by atoms with E-state index in [4.69, 9.17) is 10.5 Å². The molecule has 4 heteroatoms. The molecule has 1 amide bonds.